The number of fused-ring (bicyclic) bond motifs is 1. The van der Waals surface area contributed by atoms with Crippen LogP contribution in [0.5, 0.6) is 5.75 Å². The first kappa shape index (κ1) is 19.7. The number of benzene rings is 1. The molecule has 0 saturated carbocycles. The van der Waals surface area contributed by atoms with Gasteiger partial charge in [0.2, 0.25) is 5.90 Å². The summed E-state index contributed by atoms with van der Waals surface area (Å²) in [6, 6.07) is 8.03. The minimum atomic E-state index is 0.514. The van der Waals surface area contributed by atoms with Crippen molar-refractivity contribution in [3.63, 3.8) is 0 Å². The van der Waals surface area contributed by atoms with E-state index in [2.05, 4.69) is 27.8 Å². The molecule has 154 valence electrons. The second-order valence-corrected chi connectivity index (χ2v) is 7.34. The van der Waals surface area contributed by atoms with Gasteiger partial charge in [0, 0.05) is 57.1 Å². The topological polar surface area (TPSA) is 76.2 Å². The van der Waals surface area contributed by atoms with E-state index in [-0.39, 0.29) is 0 Å². The van der Waals surface area contributed by atoms with Gasteiger partial charge in [-0.15, -0.1) is 0 Å². The van der Waals surface area contributed by atoms with Crippen LogP contribution in [0, 0.1) is 0 Å². The van der Waals surface area contributed by atoms with Gasteiger partial charge < -0.3 is 20.1 Å². The first-order chi connectivity index (χ1) is 14.2. The van der Waals surface area contributed by atoms with Crippen LogP contribution in [-0.2, 0) is 17.8 Å². The van der Waals surface area contributed by atoms with E-state index in [9.17, 15) is 0 Å². The minimum absolute atomic E-state index is 0.514. The SMILES string of the molecule is CCc1cc(OC)cc2c1COC(c1cccnc1N1CCN(CCN)CC1)=N2. The highest BCUT2D eigenvalue weighted by atomic mass is 16.5. The molecule has 1 saturated heterocycles. The molecule has 2 aliphatic heterocycles. The number of aryl methyl sites for hydroxylation is 1. The maximum absolute atomic E-state index is 6.11. The van der Waals surface area contributed by atoms with E-state index in [1.54, 1.807) is 7.11 Å². The van der Waals surface area contributed by atoms with Crippen LogP contribution in [-0.4, -0.2) is 62.2 Å². The zero-order valence-corrected chi connectivity index (χ0v) is 17.2. The van der Waals surface area contributed by atoms with Gasteiger partial charge in [-0.2, -0.15) is 0 Å². The lowest BCUT2D eigenvalue weighted by Gasteiger charge is -2.36. The summed E-state index contributed by atoms with van der Waals surface area (Å²) in [5.41, 5.74) is 9.91. The van der Waals surface area contributed by atoms with Gasteiger partial charge in [0.15, 0.2) is 0 Å². The summed E-state index contributed by atoms with van der Waals surface area (Å²) in [7, 11) is 1.69. The van der Waals surface area contributed by atoms with Crippen molar-refractivity contribution in [3.8, 4) is 5.75 Å². The molecule has 0 bridgehead atoms. The van der Waals surface area contributed by atoms with E-state index >= 15 is 0 Å². The van der Waals surface area contributed by atoms with Crippen LogP contribution in [0.2, 0.25) is 0 Å². The predicted molar refractivity (Wildman–Crippen MR) is 115 cm³/mol. The molecule has 0 radical (unpaired) electrons. The van der Waals surface area contributed by atoms with Crippen molar-refractivity contribution in [1.29, 1.82) is 0 Å². The molecule has 7 heteroatoms. The zero-order chi connectivity index (χ0) is 20.2. The first-order valence-electron chi connectivity index (χ1n) is 10.3. The fraction of sp³-hybridized carbons (Fsp3) is 0.455. The Kier molecular flexibility index (Phi) is 5.97. The Morgan fingerprint density at radius 1 is 1.21 bits per heavy atom. The van der Waals surface area contributed by atoms with E-state index in [4.69, 9.17) is 20.2 Å². The third kappa shape index (κ3) is 4.06. The molecule has 0 unspecified atom stereocenters. The average Bonchev–Trinajstić information content (AvgIpc) is 2.78. The highest BCUT2D eigenvalue weighted by molar-refractivity contribution is 6.01. The van der Waals surface area contributed by atoms with Crippen LogP contribution < -0.4 is 15.4 Å². The van der Waals surface area contributed by atoms with Crippen molar-refractivity contribution in [2.45, 2.75) is 20.0 Å². The third-order valence-corrected chi connectivity index (χ3v) is 5.62. The Bertz CT molecular complexity index is 891. The number of hydrogen-bond donors (Lipinski definition) is 1. The second-order valence-electron chi connectivity index (χ2n) is 7.34. The molecule has 2 aromatic rings. The quantitative estimate of drug-likeness (QED) is 0.809. The second kappa shape index (κ2) is 8.80. The van der Waals surface area contributed by atoms with Crippen molar-refractivity contribution in [1.82, 2.24) is 9.88 Å². The lowest BCUT2D eigenvalue weighted by atomic mass is 10.0. The Morgan fingerprint density at radius 3 is 2.76 bits per heavy atom. The van der Waals surface area contributed by atoms with E-state index in [0.717, 1.165) is 67.5 Å². The third-order valence-electron chi connectivity index (χ3n) is 5.62. The van der Waals surface area contributed by atoms with Crippen molar-refractivity contribution in [2.75, 3.05) is 51.3 Å². The normalized spacial score (nSPS) is 16.8. The van der Waals surface area contributed by atoms with Crippen molar-refractivity contribution in [3.05, 3.63) is 47.2 Å². The van der Waals surface area contributed by atoms with E-state index in [0.29, 0.717) is 19.0 Å². The van der Waals surface area contributed by atoms with Crippen molar-refractivity contribution in [2.24, 2.45) is 10.7 Å². The van der Waals surface area contributed by atoms with Crippen LogP contribution in [0.4, 0.5) is 11.5 Å². The lowest BCUT2D eigenvalue weighted by Crippen LogP contribution is -2.48. The van der Waals surface area contributed by atoms with Gasteiger partial charge >= 0.3 is 0 Å². The van der Waals surface area contributed by atoms with Gasteiger partial charge in [-0.3, -0.25) is 4.90 Å². The number of piperazine rings is 1. The Morgan fingerprint density at radius 2 is 2.03 bits per heavy atom. The molecule has 0 atom stereocenters. The zero-order valence-electron chi connectivity index (χ0n) is 17.2. The molecular weight excluding hydrogens is 366 g/mol. The lowest BCUT2D eigenvalue weighted by molar-refractivity contribution is 0.263. The first-order valence-corrected chi connectivity index (χ1v) is 10.3. The molecule has 1 aromatic heterocycles. The van der Waals surface area contributed by atoms with Crippen LogP contribution in [0.25, 0.3) is 0 Å². The smallest absolute Gasteiger partial charge is 0.225 e. The summed E-state index contributed by atoms with van der Waals surface area (Å²) < 4.78 is 11.6. The number of hydrogen-bond acceptors (Lipinski definition) is 7. The number of nitrogens with two attached hydrogens (primary N) is 1. The van der Waals surface area contributed by atoms with Gasteiger partial charge in [0.1, 0.15) is 18.2 Å². The van der Waals surface area contributed by atoms with Gasteiger partial charge in [-0.1, -0.05) is 6.92 Å². The summed E-state index contributed by atoms with van der Waals surface area (Å²) in [4.78, 5) is 14.2. The summed E-state index contributed by atoms with van der Waals surface area (Å²) in [6.07, 6.45) is 2.75. The molecule has 3 heterocycles. The summed E-state index contributed by atoms with van der Waals surface area (Å²) >= 11 is 0. The number of anilines is 1. The molecule has 0 aliphatic carbocycles. The fourth-order valence-electron chi connectivity index (χ4n) is 3.99. The highest BCUT2D eigenvalue weighted by Crippen LogP contribution is 2.35. The molecule has 2 N–H and O–H groups in total. The summed E-state index contributed by atoms with van der Waals surface area (Å²) in [5.74, 6) is 2.38. The fourth-order valence-corrected chi connectivity index (χ4v) is 3.99. The standard InChI is InChI=1S/C22H29N5O2/c1-3-16-13-17(28-2)14-20-19(16)15-29-22(25-20)18-5-4-7-24-21(18)27-11-9-26(8-6-23)10-12-27/h4-5,7,13-14H,3,6,8-12,15,23H2,1-2H3. The van der Waals surface area contributed by atoms with Gasteiger partial charge in [-0.25, -0.2) is 9.98 Å². The van der Waals surface area contributed by atoms with Crippen molar-refractivity contribution < 1.29 is 9.47 Å². The molecule has 7 nitrogen and oxygen atoms in total. The van der Waals surface area contributed by atoms with Crippen LogP contribution >= 0.6 is 0 Å². The van der Waals surface area contributed by atoms with Crippen molar-refractivity contribution >= 4 is 17.4 Å². The maximum Gasteiger partial charge on any atom is 0.225 e. The molecule has 4 rings (SSSR count). The average molecular weight is 396 g/mol. The summed E-state index contributed by atoms with van der Waals surface area (Å²) in [5, 5.41) is 0. The monoisotopic (exact) mass is 395 g/mol. The number of aliphatic imine (C=N–C) groups is 1. The molecule has 0 spiro atoms. The molecule has 2 aliphatic rings. The number of rotatable bonds is 6. The van der Waals surface area contributed by atoms with E-state index < -0.39 is 0 Å². The number of methoxy groups -OCH3 is 1. The van der Waals surface area contributed by atoms with E-state index in [1.165, 1.54) is 5.56 Å². The van der Waals surface area contributed by atoms with E-state index in [1.807, 2.05) is 24.4 Å². The Hall–Kier alpha value is -2.64. The van der Waals surface area contributed by atoms with Crippen LogP contribution in [0.15, 0.2) is 35.5 Å². The Labute approximate surface area is 172 Å². The molecule has 1 fully saturated rings. The molecule has 29 heavy (non-hydrogen) atoms. The molecule has 1 aromatic carbocycles. The molecular formula is C22H29N5O2. The highest BCUT2D eigenvalue weighted by Gasteiger charge is 2.25. The largest absolute Gasteiger partial charge is 0.497 e. The number of ether oxygens (including phenoxy) is 2. The van der Waals surface area contributed by atoms with Crippen LogP contribution in [0.1, 0.15) is 23.6 Å². The number of nitrogens with zero attached hydrogens (tertiary/aromatic N) is 4. The summed E-state index contributed by atoms with van der Waals surface area (Å²) in [6.45, 7) is 8.10. The number of aromatic nitrogens is 1. The predicted octanol–water partition coefficient (Wildman–Crippen LogP) is 2.34. The molecule has 0 amide bonds. The minimum Gasteiger partial charge on any atom is -0.497 e. The van der Waals surface area contributed by atoms with Gasteiger partial charge in [0.25, 0.3) is 0 Å². The number of pyridine rings is 1. The Balaban J connectivity index is 1.64. The maximum atomic E-state index is 6.11. The van der Waals surface area contributed by atoms with Crippen LogP contribution in [0.3, 0.4) is 0 Å². The van der Waals surface area contributed by atoms with Gasteiger partial charge in [-0.05, 0) is 30.2 Å². The van der Waals surface area contributed by atoms with Gasteiger partial charge in [0.05, 0.1) is 18.4 Å².